The lowest BCUT2D eigenvalue weighted by Crippen LogP contribution is -1.95. The molecule has 0 radical (unpaired) electrons. The molecular formula is C12H14IN2P. The summed E-state index contributed by atoms with van der Waals surface area (Å²) >= 11 is 2.29. The normalized spacial score (nSPS) is 9.94. The summed E-state index contributed by atoms with van der Waals surface area (Å²) in [6.07, 6.45) is 2.84. The maximum Gasteiger partial charge on any atom is 0.0495 e. The van der Waals surface area contributed by atoms with Crippen molar-refractivity contribution in [2.75, 3.05) is 5.09 Å². The zero-order valence-corrected chi connectivity index (χ0v) is 12.5. The van der Waals surface area contributed by atoms with E-state index >= 15 is 0 Å². The third kappa shape index (κ3) is 3.47. The van der Waals surface area contributed by atoms with Crippen molar-refractivity contribution in [3.8, 4) is 11.8 Å². The highest BCUT2D eigenvalue weighted by molar-refractivity contribution is 14.2. The van der Waals surface area contributed by atoms with Gasteiger partial charge in [0.15, 0.2) is 0 Å². The molecule has 1 rings (SSSR count). The molecule has 0 spiro atoms. The predicted octanol–water partition coefficient (Wildman–Crippen LogP) is 4.11. The molecular weight excluding hydrogens is 330 g/mol. The molecule has 16 heavy (non-hydrogen) atoms. The van der Waals surface area contributed by atoms with Crippen LogP contribution in [0.5, 0.6) is 0 Å². The third-order valence-electron chi connectivity index (χ3n) is 2.10. The average Bonchev–Trinajstić information content (AvgIpc) is 2.29. The fourth-order valence-corrected chi connectivity index (χ4v) is 2.65. The van der Waals surface area contributed by atoms with Crippen molar-refractivity contribution < 1.29 is 0 Å². The molecule has 1 aromatic rings. The van der Waals surface area contributed by atoms with Crippen LogP contribution in [0.15, 0.2) is 12.1 Å². The fraction of sp³-hybridized carbons (Fsp3) is 0.250. The number of aryl methyl sites for hydroxylation is 1. The van der Waals surface area contributed by atoms with Gasteiger partial charge >= 0.3 is 0 Å². The van der Waals surface area contributed by atoms with E-state index in [9.17, 15) is 0 Å². The van der Waals surface area contributed by atoms with Gasteiger partial charge in [-0.25, -0.2) is 0 Å². The Labute approximate surface area is 111 Å². The second kappa shape index (κ2) is 6.88. The summed E-state index contributed by atoms with van der Waals surface area (Å²) in [6.45, 7) is 4.08. The highest BCUT2D eigenvalue weighted by Gasteiger charge is 2.04. The van der Waals surface area contributed by atoms with Crippen LogP contribution in [0.1, 0.15) is 30.0 Å². The molecule has 84 valence electrons. The van der Waals surface area contributed by atoms with E-state index in [4.69, 9.17) is 5.41 Å². The standard InChI is InChI=1S/C12H14IN2P/c1-3-4-5-10-6-9(2)12(15-16-13)11(7-10)8-14/h6-8,14-16H,3H2,1-2H3. The van der Waals surface area contributed by atoms with Crippen molar-refractivity contribution in [1.29, 1.82) is 5.41 Å². The minimum atomic E-state index is 0.609. The number of anilines is 1. The lowest BCUT2D eigenvalue weighted by atomic mass is 10.0. The van der Waals surface area contributed by atoms with Crippen molar-refractivity contribution in [2.24, 2.45) is 0 Å². The van der Waals surface area contributed by atoms with E-state index in [-0.39, 0.29) is 0 Å². The SMILES string of the molecule is CCC#Cc1cc(C)c(NPI)c(C=N)c1. The van der Waals surface area contributed by atoms with Crippen LogP contribution < -0.4 is 5.09 Å². The fourth-order valence-electron chi connectivity index (χ4n) is 1.41. The van der Waals surface area contributed by atoms with Crippen LogP contribution in [-0.2, 0) is 0 Å². The molecule has 2 N–H and O–H groups in total. The molecule has 0 aliphatic carbocycles. The van der Waals surface area contributed by atoms with Gasteiger partial charge in [0, 0.05) is 35.8 Å². The number of benzene rings is 1. The van der Waals surface area contributed by atoms with E-state index in [1.807, 2.05) is 19.9 Å². The summed E-state index contributed by atoms with van der Waals surface area (Å²) in [4.78, 5) is 0. The molecule has 0 saturated carbocycles. The molecule has 0 heterocycles. The minimum Gasteiger partial charge on any atom is -0.358 e. The summed E-state index contributed by atoms with van der Waals surface area (Å²) in [6, 6.07) is 4.02. The Bertz CT molecular complexity index is 446. The summed E-state index contributed by atoms with van der Waals surface area (Å²) in [7, 11) is 0. The van der Waals surface area contributed by atoms with E-state index in [2.05, 4.69) is 45.0 Å². The van der Waals surface area contributed by atoms with Crippen LogP contribution in [0, 0.1) is 24.2 Å². The zero-order chi connectivity index (χ0) is 12.0. The first-order chi connectivity index (χ1) is 7.72. The topological polar surface area (TPSA) is 35.9 Å². The average molecular weight is 344 g/mol. The van der Waals surface area contributed by atoms with Crippen molar-refractivity contribution >= 4 is 40.3 Å². The molecule has 4 heteroatoms. The molecule has 1 unspecified atom stereocenters. The van der Waals surface area contributed by atoms with Gasteiger partial charge in [-0.2, -0.15) is 0 Å². The Kier molecular flexibility index (Phi) is 5.79. The second-order valence-electron chi connectivity index (χ2n) is 3.28. The van der Waals surface area contributed by atoms with Gasteiger partial charge in [-0.1, -0.05) is 18.8 Å². The molecule has 1 atom stereocenters. The van der Waals surface area contributed by atoms with E-state index in [1.54, 1.807) is 0 Å². The van der Waals surface area contributed by atoms with Crippen molar-refractivity contribution in [3.63, 3.8) is 0 Å². The van der Waals surface area contributed by atoms with Crippen LogP contribution in [0.25, 0.3) is 0 Å². The van der Waals surface area contributed by atoms with E-state index in [0.717, 1.165) is 28.8 Å². The quantitative estimate of drug-likeness (QED) is 0.368. The van der Waals surface area contributed by atoms with Gasteiger partial charge in [-0.15, -0.1) is 0 Å². The Morgan fingerprint density at radius 1 is 1.56 bits per heavy atom. The van der Waals surface area contributed by atoms with Crippen LogP contribution in [0.4, 0.5) is 5.69 Å². The van der Waals surface area contributed by atoms with Gasteiger partial charge in [0.05, 0.1) is 0 Å². The first-order valence-electron chi connectivity index (χ1n) is 4.98. The third-order valence-corrected chi connectivity index (χ3v) is 3.26. The second-order valence-corrected chi connectivity index (χ2v) is 5.33. The molecule has 0 aliphatic rings. The molecule has 0 saturated heterocycles. The van der Waals surface area contributed by atoms with Crippen LogP contribution >= 0.6 is 28.4 Å². The van der Waals surface area contributed by atoms with Gasteiger partial charge in [-0.3, -0.25) is 0 Å². The van der Waals surface area contributed by atoms with Crippen LogP contribution in [-0.4, -0.2) is 6.21 Å². The molecule has 2 nitrogen and oxygen atoms in total. The lowest BCUT2D eigenvalue weighted by Gasteiger charge is -2.10. The zero-order valence-electron chi connectivity index (χ0n) is 9.32. The van der Waals surface area contributed by atoms with Gasteiger partial charge in [0.25, 0.3) is 0 Å². The Morgan fingerprint density at radius 2 is 2.31 bits per heavy atom. The summed E-state index contributed by atoms with van der Waals surface area (Å²) in [5, 5.41) is 10.7. The first kappa shape index (κ1) is 13.5. The van der Waals surface area contributed by atoms with Gasteiger partial charge < -0.3 is 10.5 Å². The Hall–Kier alpha value is -0.590. The molecule has 0 amide bonds. The number of nitrogens with one attached hydrogen (secondary N) is 2. The number of halogens is 1. The van der Waals surface area contributed by atoms with E-state index in [0.29, 0.717) is 6.37 Å². The largest absolute Gasteiger partial charge is 0.358 e. The smallest absolute Gasteiger partial charge is 0.0495 e. The summed E-state index contributed by atoms with van der Waals surface area (Å²) < 4.78 is 0. The van der Waals surface area contributed by atoms with Gasteiger partial charge in [0.2, 0.25) is 0 Å². The van der Waals surface area contributed by atoms with Crippen molar-refractivity contribution in [2.45, 2.75) is 20.3 Å². The molecule has 0 aromatic heterocycles. The molecule has 0 aliphatic heterocycles. The van der Waals surface area contributed by atoms with Crippen molar-refractivity contribution in [1.82, 2.24) is 0 Å². The first-order valence-corrected chi connectivity index (χ1v) is 9.10. The van der Waals surface area contributed by atoms with Gasteiger partial charge in [-0.05, 0) is 46.7 Å². The van der Waals surface area contributed by atoms with Gasteiger partial charge in [0.1, 0.15) is 0 Å². The number of rotatable bonds is 3. The minimum absolute atomic E-state index is 0.609. The summed E-state index contributed by atoms with van der Waals surface area (Å²) in [5.74, 6) is 6.15. The maximum atomic E-state index is 7.42. The lowest BCUT2D eigenvalue weighted by molar-refractivity contribution is 1.28. The van der Waals surface area contributed by atoms with E-state index in [1.165, 1.54) is 6.21 Å². The number of hydrogen-bond acceptors (Lipinski definition) is 2. The monoisotopic (exact) mass is 344 g/mol. The predicted molar refractivity (Wildman–Crippen MR) is 82.2 cm³/mol. The Morgan fingerprint density at radius 3 is 2.88 bits per heavy atom. The highest BCUT2D eigenvalue weighted by Crippen LogP contribution is 2.29. The number of hydrogen-bond donors (Lipinski definition) is 2. The molecule has 0 fully saturated rings. The maximum absolute atomic E-state index is 7.42. The summed E-state index contributed by atoms with van der Waals surface area (Å²) in [5.41, 5.74) is 4.08. The molecule has 0 bridgehead atoms. The highest BCUT2D eigenvalue weighted by atomic mass is 127. The molecule has 1 aromatic carbocycles. The van der Waals surface area contributed by atoms with Crippen LogP contribution in [0.2, 0.25) is 0 Å². The van der Waals surface area contributed by atoms with Crippen LogP contribution in [0.3, 0.4) is 0 Å². The Balaban J connectivity index is 3.20. The van der Waals surface area contributed by atoms with Crippen molar-refractivity contribution in [3.05, 3.63) is 28.8 Å². The van der Waals surface area contributed by atoms with E-state index < -0.39 is 0 Å².